The maximum absolute atomic E-state index is 11.0. The SMILES string of the molecule is NC(=O)/C1=C/Cc2cccc(c2)CC1. The Morgan fingerprint density at radius 2 is 2.00 bits per heavy atom. The number of hydrogen-bond acceptors (Lipinski definition) is 1. The van der Waals surface area contributed by atoms with Crippen LogP contribution in [0.25, 0.3) is 0 Å². The number of carbonyl (C=O) groups excluding carboxylic acids is 1. The summed E-state index contributed by atoms with van der Waals surface area (Å²) in [6.45, 7) is 0. The summed E-state index contributed by atoms with van der Waals surface area (Å²) in [6, 6.07) is 8.42. The zero-order valence-corrected chi connectivity index (χ0v) is 7.99. The summed E-state index contributed by atoms with van der Waals surface area (Å²) in [5, 5.41) is 0. The van der Waals surface area contributed by atoms with Crippen molar-refractivity contribution in [2.24, 2.45) is 5.73 Å². The highest BCUT2D eigenvalue weighted by atomic mass is 16.1. The van der Waals surface area contributed by atoms with Crippen LogP contribution in [0.15, 0.2) is 35.9 Å². The first-order valence-corrected chi connectivity index (χ1v) is 4.82. The zero-order valence-electron chi connectivity index (χ0n) is 7.99. The molecule has 1 aliphatic rings. The van der Waals surface area contributed by atoms with Crippen molar-refractivity contribution >= 4 is 5.91 Å². The van der Waals surface area contributed by atoms with Crippen molar-refractivity contribution in [2.45, 2.75) is 19.3 Å². The van der Waals surface area contributed by atoms with Crippen molar-refractivity contribution in [3.63, 3.8) is 0 Å². The Morgan fingerprint density at radius 3 is 2.79 bits per heavy atom. The van der Waals surface area contributed by atoms with Gasteiger partial charge in [0.15, 0.2) is 0 Å². The van der Waals surface area contributed by atoms with Gasteiger partial charge in [-0.1, -0.05) is 30.3 Å². The number of primary amides is 1. The van der Waals surface area contributed by atoms with Crippen LogP contribution in [0.3, 0.4) is 0 Å². The minimum atomic E-state index is -0.282. The highest BCUT2D eigenvalue weighted by Crippen LogP contribution is 2.16. The largest absolute Gasteiger partial charge is 0.366 e. The van der Waals surface area contributed by atoms with E-state index in [1.165, 1.54) is 11.1 Å². The van der Waals surface area contributed by atoms with E-state index >= 15 is 0 Å². The predicted octanol–water partition coefficient (Wildman–Crippen LogP) is 1.59. The van der Waals surface area contributed by atoms with Gasteiger partial charge < -0.3 is 5.73 Å². The zero-order chi connectivity index (χ0) is 9.97. The molecule has 0 heterocycles. The summed E-state index contributed by atoms with van der Waals surface area (Å²) in [5.74, 6) is -0.282. The monoisotopic (exact) mass is 187 g/mol. The van der Waals surface area contributed by atoms with Crippen molar-refractivity contribution in [3.05, 3.63) is 47.0 Å². The van der Waals surface area contributed by atoms with Crippen molar-refractivity contribution in [1.82, 2.24) is 0 Å². The molecule has 0 aromatic heterocycles. The first kappa shape index (κ1) is 9.00. The molecule has 0 aliphatic heterocycles. The number of allylic oxidation sites excluding steroid dienone is 1. The van der Waals surface area contributed by atoms with E-state index < -0.39 is 0 Å². The van der Waals surface area contributed by atoms with Gasteiger partial charge in [-0.2, -0.15) is 0 Å². The lowest BCUT2D eigenvalue weighted by Gasteiger charge is -2.09. The molecule has 72 valence electrons. The molecule has 0 fully saturated rings. The molecule has 0 radical (unpaired) electrons. The lowest BCUT2D eigenvalue weighted by atomic mass is 9.96. The molecule has 1 aliphatic carbocycles. The molecule has 2 nitrogen and oxygen atoms in total. The third-order valence-corrected chi connectivity index (χ3v) is 2.58. The summed E-state index contributed by atoms with van der Waals surface area (Å²) < 4.78 is 0. The Balaban J connectivity index is 2.30. The second-order valence-electron chi connectivity index (χ2n) is 3.62. The number of nitrogens with two attached hydrogens (primary N) is 1. The molecular weight excluding hydrogens is 174 g/mol. The fourth-order valence-electron chi connectivity index (χ4n) is 1.76. The summed E-state index contributed by atoms with van der Waals surface area (Å²) in [5.41, 5.74) is 8.57. The highest BCUT2D eigenvalue weighted by Gasteiger charge is 2.08. The number of aryl methyl sites for hydroxylation is 1. The maximum Gasteiger partial charge on any atom is 0.244 e. The van der Waals surface area contributed by atoms with Gasteiger partial charge in [-0.15, -0.1) is 0 Å². The van der Waals surface area contributed by atoms with Crippen LogP contribution in [0.4, 0.5) is 0 Å². The molecule has 1 amide bonds. The van der Waals surface area contributed by atoms with Gasteiger partial charge in [-0.05, 0) is 30.4 Å². The minimum Gasteiger partial charge on any atom is -0.366 e. The van der Waals surface area contributed by atoms with Gasteiger partial charge in [-0.3, -0.25) is 4.79 Å². The van der Waals surface area contributed by atoms with E-state index in [4.69, 9.17) is 5.73 Å². The molecule has 1 aromatic carbocycles. The molecule has 14 heavy (non-hydrogen) atoms. The molecule has 0 atom stereocenters. The highest BCUT2D eigenvalue weighted by molar-refractivity contribution is 5.91. The average Bonchev–Trinajstić information content (AvgIpc) is 2.16. The Labute approximate surface area is 83.4 Å². The molecule has 2 rings (SSSR count). The summed E-state index contributed by atoms with van der Waals surface area (Å²) in [7, 11) is 0. The van der Waals surface area contributed by atoms with Gasteiger partial charge in [-0.25, -0.2) is 0 Å². The molecule has 0 saturated heterocycles. The number of hydrogen-bond donors (Lipinski definition) is 1. The lowest BCUT2D eigenvalue weighted by Crippen LogP contribution is -2.15. The molecule has 2 N–H and O–H groups in total. The van der Waals surface area contributed by atoms with Crippen molar-refractivity contribution in [2.75, 3.05) is 0 Å². The second-order valence-corrected chi connectivity index (χ2v) is 3.62. The number of rotatable bonds is 1. The molecule has 0 unspecified atom stereocenters. The Morgan fingerprint density at radius 1 is 1.21 bits per heavy atom. The van der Waals surface area contributed by atoms with Crippen LogP contribution >= 0.6 is 0 Å². The normalized spacial score (nSPS) is 19.0. The fraction of sp³-hybridized carbons (Fsp3) is 0.250. The number of fused-ring (bicyclic) bond motifs is 2. The standard InChI is InChI=1S/C12H13NO/c13-12(14)11-6-4-9-2-1-3-10(8-9)5-7-11/h1-3,6,8H,4-5,7H2,(H2,13,14)/b11-6+. The molecular formula is C12H13NO. The van der Waals surface area contributed by atoms with Crippen molar-refractivity contribution in [3.8, 4) is 0 Å². The summed E-state index contributed by atoms with van der Waals surface area (Å²) in [4.78, 5) is 11.0. The average molecular weight is 187 g/mol. The molecule has 1 aromatic rings. The van der Waals surface area contributed by atoms with Gasteiger partial charge in [0.25, 0.3) is 0 Å². The van der Waals surface area contributed by atoms with Crippen LogP contribution < -0.4 is 5.73 Å². The van der Waals surface area contributed by atoms with E-state index in [0.717, 1.165) is 24.8 Å². The van der Waals surface area contributed by atoms with E-state index in [1.54, 1.807) is 0 Å². The predicted molar refractivity (Wildman–Crippen MR) is 55.7 cm³/mol. The van der Waals surface area contributed by atoms with Crippen LogP contribution in [-0.2, 0) is 17.6 Å². The molecule has 2 heteroatoms. The smallest absolute Gasteiger partial charge is 0.244 e. The van der Waals surface area contributed by atoms with Crippen molar-refractivity contribution < 1.29 is 4.79 Å². The first-order chi connectivity index (χ1) is 6.75. The number of carbonyl (C=O) groups is 1. The van der Waals surface area contributed by atoms with Gasteiger partial charge in [0.1, 0.15) is 0 Å². The second kappa shape index (κ2) is 3.66. The summed E-state index contributed by atoms with van der Waals surface area (Å²) >= 11 is 0. The first-order valence-electron chi connectivity index (χ1n) is 4.82. The van der Waals surface area contributed by atoms with Crippen LogP contribution in [0.2, 0.25) is 0 Å². The van der Waals surface area contributed by atoms with E-state index in [2.05, 4.69) is 24.3 Å². The van der Waals surface area contributed by atoms with Crippen LogP contribution in [0, 0.1) is 0 Å². The van der Waals surface area contributed by atoms with Gasteiger partial charge in [0.05, 0.1) is 0 Å². The third kappa shape index (κ3) is 1.84. The van der Waals surface area contributed by atoms with E-state index in [-0.39, 0.29) is 5.91 Å². The van der Waals surface area contributed by atoms with Gasteiger partial charge >= 0.3 is 0 Å². The van der Waals surface area contributed by atoms with Crippen LogP contribution in [0.1, 0.15) is 17.5 Å². The lowest BCUT2D eigenvalue weighted by molar-refractivity contribution is -0.114. The number of benzene rings is 1. The van der Waals surface area contributed by atoms with E-state index in [0.29, 0.717) is 0 Å². The summed E-state index contributed by atoms with van der Waals surface area (Å²) in [6.07, 6.45) is 4.42. The van der Waals surface area contributed by atoms with E-state index in [9.17, 15) is 4.79 Å². The molecule has 0 saturated carbocycles. The van der Waals surface area contributed by atoms with Gasteiger partial charge in [0, 0.05) is 5.57 Å². The quantitative estimate of drug-likeness (QED) is 0.712. The third-order valence-electron chi connectivity index (χ3n) is 2.58. The topological polar surface area (TPSA) is 43.1 Å². The Hall–Kier alpha value is -1.57. The van der Waals surface area contributed by atoms with Crippen LogP contribution in [-0.4, -0.2) is 5.91 Å². The fourth-order valence-corrected chi connectivity index (χ4v) is 1.76. The maximum atomic E-state index is 11.0. The Kier molecular flexibility index (Phi) is 2.35. The van der Waals surface area contributed by atoms with Crippen molar-refractivity contribution in [1.29, 1.82) is 0 Å². The van der Waals surface area contributed by atoms with Crippen LogP contribution in [0.5, 0.6) is 0 Å². The molecule has 0 spiro atoms. The minimum absolute atomic E-state index is 0.282. The molecule has 2 bridgehead atoms. The van der Waals surface area contributed by atoms with E-state index in [1.807, 2.05) is 6.08 Å². The van der Waals surface area contributed by atoms with Gasteiger partial charge in [0.2, 0.25) is 5.91 Å². The number of amides is 1. The Bertz CT molecular complexity index is 393.